The molecule has 0 saturated heterocycles. The summed E-state index contributed by atoms with van der Waals surface area (Å²) in [5.41, 5.74) is 3.65. The summed E-state index contributed by atoms with van der Waals surface area (Å²) in [6, 6.07) is 1.85. The van der Waals surface area contributed by atoms with Gasteiger partial charge in [0.05, 0.1) is 15.8 Å². The Morgan fingerprint density at radius 1 is 1.44 bits per heavy atom. The Balaban J connectivity index is 2.02. The van der Waals surface area contributed by atoms with Gasteiger partial charge in [-0.3, -0.25) is 4.79 Å². The van der Waals surface area contributed by atoms with Crippen molar-refractivity contribution >= 4 is 29.2 Å². The number of thiophene rings is 1. The molecule has 0 amide bonds. The molecule has 2 nitrogen and oxygen atoms in total. The van der Waals surface area contributed by atoms with Gasteiger partial charge in [0.2, 0.25) is 0 Å². The van der Waals surface area contributed by atoms with Crippen LogP contribution in [0.4, 0.5) is 0 Å². The number of carbonyl (C=O) groups excluding carboxylic acids is 1. The van der Waals surface area contributed by atoms with Crippen LogP contribution >= 0.6 is 22.9 Å². The summed E-state index contributed by atoms with van der Waals surface area (Å²) in [4.78, 5) is 11.5. The van der Waals surface area contributed by atoms with Gasteiger partial charge in [0.15, 0.2) is 6.29 Å². The number of aldehydes is 1. The van der Waals surface area contributed by atoms with Crippen LogP contribution < -0.4 is 0 Å². The van der Waals surface area contributed by atoms with Crippen LogP contribution in [0.5, 0.6) is 0 Å². The second kappa shape index (κ2) is 5.00. The van der Waals surface area contributed by atoms with Crippen LogP contribution in [0.25, 0.3) is 0 Å². The highest BCUT2D eigenvalue weighted by Gasteiger charge is 2.27. The van der Waals surface area contributed by atoms with Gasteiger partial charge in [-0.2, -0.15) is 0 Å². The van der Waals surface area contributed by atoms with Gasteiger partial charge in [0.1, 0.15) is 6.10 Å². The number of hydrogen-bond acceptors (Lipinski definition) is 3. The van der Waals surface area contributed by atoms with Crippen LogP contribution in [-0.2, 0) is 4.74 Å². The van der Waals surface area contributed by atoms with E-state index >= 15 is 0 Å². The topological polar surface area (TPSA) is 26.3 Å². The fourth-order valence-electron chi connectivity index (χ4n) is 2.56. The van der Waals surface area contributed by atoms with E-state index in [0.29, 0.717) is 9.21 Å². The van der Waals surface area contributed by atoms with Gasteiger partial charge in [-0.15, -0.1) is 11.3 Å². The van der Waals surface area contributed by atoms with Crippen molar-refractivity contribution in [2.24, 2.45) is 0 Å². The van der Waals surface area contributed by atoms with Crippen molar-refractivity contribution in [1.29, 1.82) is 0 Å². The minimum Gasteiger partial charge on any atom is -0.368 e. The highest BCUT2D eigenvalue weighted by molar-refractivity contribution is 7.17. The van der Waals surface area contributed by atoms with Gasteiger partial charge in [-0.25, -0.2) is 0 Å². The van der Waals surface area contributed by atoms with Crippen LogP contribution in [0.1, 0.15) is 40.6 Å². The van der Waals surface area contributed by atoms with E-state index < -0.39 is 0 Å². The molecule has 1 aliphatic carbocycles. The molecule has 0 aromatic carbocycles. The third-order valence-corrected chi connectivity index (χ3v) is 4.73. The Kier molecular flexibility index (Phi) is 3.37. The monoisotopic (exact) mass is 280 g/mol. The third kappa shape index (κ3) is 2.07. The van der Waals surface area contributed by atoms with Crippen molar-refractivity contribution < 1.29 is 9.53 Å². The minimum absolute atomic E-state index is 0.0947. The number of halogens is 1. The second-order valence-electron chi connectivity index (χ2n) is 4.50. The van der Waals surface area contributed by atoms with E-state index in [1.807, 2.05) is 6.07 Å². The Morgan fingerprint density at radius 2 is 2.33 bits per heavy atom. The molecule has 0 fully saturated rings. The summed E-state index contributed by atoms with van der Waals surface area (Å²) in [7, 11) is 0. The van der Waals surface area contributed by atoms with E-state index in [4.69, 9.17) is 16.3 Å². The zero-order valence-corrected chi connectivity index (χ0v) is 11.4. The molecule has 18 heavy (non-hydrogen) atoms. The van der Waals surface area contributed by atoms with Crippen molar-refractivity contribution in [2.75, 3.05) is 6.61 Å². The van der Waals surface area contributed by atoms with E-state index in [-0.39, 0.29) is 6.10 Å². The quantitative estimate of drug-likeness (QED) is 0.754. The molecule has 1 aliphatic heterocycles. The first kappa shape index (κ1) is 12.2. The van der Waals surface area contributed by atoms with Crippen LogP contribution in [0.2, 0.25) is 4.34 Å². The maximum Gasteiger partial charge on any atom is 0.160 e. The minimum atomic E-state index is -0.0947. The van der Waals surface area contributed by atoms with Crippen molar-refractivity contribution in [2.45, 2.75) is 25.4 Å². The predicted octanol–water partition coefficient (Wildman–Crippen LogP) is 4.32. The van der Waals surface area contributed by atoms with E-state index in [0.717, 1.165) is 37.7 Å². The normalized spacial score (nSPS) is 23.1. The van der Waals surface area contributed by atoms with Gasteiger partial charge >= 0.3 is 0 Å². The molecular formula is C14H13ClO2S. The summed E-state index contributed by atoms with van der Waals surface area (Å²) in [5.74, 6) is 0. The number of rotatable bonds is 2. The smallest absolute Gasteiger partial charge is 0.160 e. The lowest BCUT2D eigenvalue weighted by Gasteiger charge is -2.29. The Hall–Kier alpha value is -0.900. The van der Waals surface area contributed by atoms with Gasteiger partial charge in [-0.1, -0.05) is 29.3 Å². The highest BCUT2D eigenvalue weighted by atomic mass is 35.5. The summed E-state index contributed by atoms with van der Waals surface area (Å²) < 4.78 is 6.53. The van der Waals surface area contributed by atoms with Crippen molar-refractivity contribution in [3.8, 4) is 0 Å². The second-order valence-corrected chi connectivity index (χ2v) is 6.18. The Morgan fingerprint density at radius 3 is 3.11 bits per heavy atom. The molecule has 2 heterocycles. The first-order valence-electron chi connectivity index (χ1n) is 6.04. The fourth-order valence-corrected chi connectivity index (χ4v) is 3.70. The van der Waals surface area contributed by atoms with Gasteiger partial charge in [0, 0.05) is 5.56 Å². The number of ether oxygens (including phenoxy) is 1. The van der Waals surface area contributed by atoms with Crippen LogP contribution in [0.3, 0.4) is 0 Å². The molecule has 1 unspecified atom stereocenters. The van der Waals surface area contributed by atoms with Crippen molar-refractivity contribution in [3.05, 3.63) is 44.1 Å². The zero-order valence-electron chi connectivity index (χ0n) is 9.82. The summed E-state index contributed by atoms with van der Waals surface area (Å²) in [6.07, 6.45) is 8.32. The van der Waals surface area contributed by atoms with Crippen molar-refractivity contribution in [3.63, 3.8) is 0 Å². The first-order valence-corrected chi connectivity index (χ1v) is 7.23. The molecular weight excluding hydrogens is 268 g/mol. The van der Waals surface area contributed by atoms with Gasteiger partial charge < -0.3 is 4.74 Å². The maximum atomic E-state index is 10.8. The number of hydrogen-bond donors (Lipinski definition) is 0. The molecule has 2 aliphatic rings. The average Bonchev–Trinajstić information content (AvgIpc) is 2.79. The molecule has 4 heteroatoms. The fraction of sp³-hybridized carbons (Fsp3) is 0.357. The lowest BCUT2D eigenvalue weighted by atomic mass is 9.88. The Bertz CT molecular complexity index is 542. The van der Waals surface area contributed by atoms with E-state index in [9.17, 15) is 4.79 Å². The van der Waals surface area contributed by atoms with E-state index in [1.54, 1.807) is 0 Å². The van der Waals surface area contributed by atoms with E-state index in [2.05, 4.69) is 12.2 Å². The molecule has 0 N–H and O–H groups in total. The molecule has 3 rings (SSSR count). The number of carbonyl (C=O) groups is 1. The summed E-state index contributed by atoms with van der Waals surface area (Å²) >= 11 is 7.54. The molecule has 0 radical (unpaired) electrons. The first-order chi connectivity index (χ1) is 8.79. The predicted molar refractivity (Wildman–Crippen MR) is 73.4 cm³/mol. The van der Waals surface area contributed by atoms with Crippen LogP contribution in [0, 0.1) is 0 Å². The molecule has 1 aromatic rings. The summed E-state index contributed by atoms with van der Waals surface area (Å²) in [6.45, 7) is 0.736. The Labute approximate surface area is 115 Å². The van der Waals surface area contributed by atoms with Crippen molar-refractivity contribution in [1.82, 2.24) is 0 Å². The largest absolute Gasteiger partial charge is 0.368 e. The lowest BCUT2D eigenvalue weighted by molar-refractivity contribution is 0.0688. The van der Waals surface area contributed by atoms with Crippen LogP contribution in [-0.4, -0.2) is 12.9 Å². The third-order valence-electron chi connectivity index (χ3n) is 3.42. The molecule has 1 atom stereocenters. The van der Waals surface area contributed by atoms with Crippen LogP contribution in [0.15, 0.2) is 29.4 Å². The van der Waals surface area contributed by atoms with E-state index in [1.165, 1.54) is 22.5 Å². The molecule has 0 bridgehead atoms. The number of allylic oxidation sites excluding steroid dienone is 1. The molecule has 0 saturated carbocycles. The SMILES string of the molecule is O=Cc1cc(C2OCCC3=C2C=CCC3)c(Cl)s1. The summed E-state index contributed by atoms with van der Waals surface area (Å²) in [5, 5.41) is 0. The highest BCUT2D eigenvalue weighted by Crippen LogP contribution is 2.42. The maximum absolute atomic E-state index is 10.8. The van der Waals surface area contributed by atoms with Gasteiger partial charge in [-0.05, 0) is 30.9 Å². The molecule has 94 valence electrons. The lowest BCUT2D eigenvalue weighted by Crippen LogP contribution is -2.17. The standard InChI is InChI=1S/C14H13ClO2S/c15-14-12(7-10(8-16)18-14)13-11-4-2-1-3-9(11)5-6-17-13/h2,4,7-8,13H,1,3,5-6H2. The molecule has 1 aromatic heterocycles. The van der Waals surface area contributed by atoms with Gasteiger partial charge in [0.25, 0.3) is 0 Å². The average molecular weight is 281 g/mol. The molecule has 0 spiro atoms. The zero-order chi connectivity index (χ0) is 12.5.